The average Bonchev–Trinajstić information content (AvgIpc) is 2.41. The van der Waals surface area contributed by atoms with Crippen molar-refractivity contribution in [3.63, 3.8) is 0 Å². The highest BCUT2D eigenvalue weighted by molar-refractivity contribution is 6.30. The second kappa shape index (κ2) is 5.75. The van der Waals surface area contributed by atoms with Crippen LogP contribution in [0.4, 0.5) is 8.78 Å². The number of benzene rings is 1. The van der Waals surface area contributed by atoms with Gasteiger partial charge in [0.05, 0.1) is 10.6 Å². The average molecular weight is 303 g/mol. The van der Waals surface area contributed by atoms with Gasteiger partial charge in [-0.3, -0.25) is 9.59 Å². The Hall–Kier alpha value is -1.69. The summed E-state index contributed by atoms with van der Waals surface area (Å²) >= 11 is 5.45. The number of carbonyl (C=O) groups excluding carboxylic acids is 2. The van der Waals surface area contributed by atoms with E-state index in [2.05, 4.69) is 5.32 Å². The van der Waals surface area contributed by atoms with Gasteiger partial charge in [0.1, 0.15) is 17.7 Å². The van der Waals surface area contributed by atoms with E-state index in [-0.39, 0.29) is 17.5 Å². The summed E-state index contributed by atoms with van der Waals surface area (Å²) in [5, 5.41) is 2.25. The molecule has 0 radical (unpaired) electrons. The summed E-state index contributed by atoms with van der Waals surface area (Å²) in [4.78, 5) is 25.2. The van der Waals surface area contributed by atoms with Crippen molar-refractivity contribution in [3.05, 3.63) is 34.4 Å². The van der Waals surface area contributed by atoms with Crippen molar-refractivity contribution >= 4 is 23.4 Å². The molecule has 1 aromatic carbocycles. The third-order valence-corrected chi connectivity index (χ3v) is 3.51. The predicted octanol–water partition coefficient (Wildman–Crippen LogP) is 1.97. The van der Waals surface area contributed by atoms with E-state index in [1.54, 1.807) is 6.92 Å². The number of nitrogens with one attached hydrogen (secondary N) is 1. The number of hydrogen-bond acceptors (Lipinski definition) is 2. The molecule has 0 aromatic heterocycles. The fraction of sp³-hybridized carbons (Fsp3) is 0.385. The third kappa shape index (κ3) is 2.60. The molecule has 7 heteroatoms. The standard InChI is InChI=1S/C13H13ClF2N2O2/c1-2-11-12(19)17-3-4-18(11)13(20)7-5-10(16)8(14)6-9(7)15/h5-6,11H,2-4H2,1H3,(H,17,19). The predicted molar refractivity (Wildman–Crippen MR) is 69.5 cm³/mol. The summed E-state index contributed by atoms with van der Waals surface area (Å²) in [6.45, 7) is 2.29. The van der Waals surface area contributed by atoms with Gasteiger partial charge in [0.2, 0.25) is 5.91 Å². The lowest BCUT2D eigenvalue weighted by atomic mass is 10.1. The minimum Gasteiger partial charge on any atom is -0.353 e. The van der Waals surface area contributed by atoms with Crippen LogP contribution in [0.3, 0.4) is 0 Å². The van der Waals surface area contributed by atoms with E-state index in [0.29, 0.717) is 13.0 Å². The van der Waals surface area contributed by atoms with Crippen LogP contribution >= 0.6 is 11.6 Å². The molecule has 0 bridgehead atoms. The zero-order valence-corrected chi connectivity index (χ0v) is 11.5. The summed E-state index contributed by atoms with van der Waals surface area (Å²) in [5.74, 6) is -2.77. The van der Waals surface area contributed by atoms with Crippen LogP contribution < -0.4 is 5.32 Å². The van der Waals surface area contributed by atoms with Gasteiger partial charge in [-0.2, -0.15) is 0 Å². The van der Waals surface area contributed by atoms with E-state index in [9.17, 15) is 18.4 Å². The minimum atomic E-state index is -0.901. The minimum absolute atomic E-state index is 0.257. The van der Waals surface area contributed by atoms with E-state index < -0.39 is 29.1 Å². The van der Waals surface area contributed by atoms with Crippen LogP contribution in [0.2, 0.25) is 5.02 Å². The molecule has 1 aliphatic rings. The Morgan fingerprint density at radius 2 is 2.15 bits per heavy atom. The normalized spacial score (nSPS) is 18.9. The van der Waals surface area contributed by atoms with Gasteiger partial charge >= 0.3 is 0 Å². The van der Waals surface area contributed by atoms with Crippen molar-refractivity contribution < 1.29 is 18.4 Å². The Labute approximate surface area is 119 Å². The molecule has 20 heavy (non-hydrogen) atoms. The zero-order valence-electron chi connectivity index (χ0n) is 10.8. The first-order valence-electron chi connectivity index (χ1n) is 6.19. The maximum absolute atomic E-state index is 13.8. The van der Waals surface area contributed by atoms with E-state index >= 15 is 0 Å². The molecule has 108 valence electrons. The van der Waals surface area contributed by atoms with Crippen LogP contribution in [0, 0.1) is 11.6 Å². The highest BCUT2D eigenvalue weighted by Gasteiger charge is 2.33. The Bertz CT molecular complexity index is 566. The van der Waals surface area contributed by atoms with Gasteiger partial charge in [0.15, 0.2) is 0 Å². The molecule has 1 aromatic rings. The molecule has 1 saturated heterocycles. The molecule has 0 saturated carbocycles. The van der Waals surface area contributed by atoms with Crippen LogP contribution in [-0.4, -0.2) is 35.8 Å². The fourth-order valence-corrected chi connectivity index (χ4v) is 2.36. The molecule has 2 amide bonds. The molecule has 0 aliphatic carbocycles. The molecule has 0 spiro atoms. The molecule has 1 N–H and O–H groups in total. The van der Waals surface area contributed by atoms with Crippen LogP contribution in [0.5, 0.6) is 0 Å². The molecule has 1 fully saturated rings. The molecule has 2 rings (SSSR count). The second-order valence-corrected chi connectivity index (χ2v) is 4.87. The van der Waals surface area contributed by atoms with E-state index in [1.165, 1.54) is 4.90 Å². The number of piperazine rings is 1. The van der Waals surface area contributed by atoms with Crippen molar-refractivity contribution in [2.45, 2.75) is 19.4 Å². The van der Waals surface area contributed by atoms with Gasteiger partial charge in [-0.1, -0.05) is 18.5 Å². The highest BCUT2D eigenvalue weighted by atomic mass is 35.5. The number of carbonyl (C=O) groups is 2. The topological polar surface area (TPSA) is 49.4 Å². The molecule has 4 nitrogen and oxygen atoms in total. The van der Waals surface area contributed by atoms with Crippen LogP contribution in [0.1, 0.15) is 23.7 Å². The molecule has 1 aliphatic heterocycles. The third-order valence-electron chi connectivity index (χ3n) is 3.22. The van der Waals surface area contributed by atoms with Gasteiger partial charge < -0.3 is 10.2 Å². The number of nitrogens with zero attached hydrogens (tertiary/aromatic N) is 1. The van der Waals surface area contributed by atoms with Gasteiger partial charge in [-0.15, -0.1) is 0 Å². The number of rotatable bonds is 2. The van der Waals surface area contributed by atoms with Crippen molar-refractivity contribution in [3.8, 4) is 0 Å². The van der Waals surface area contributed by atoms with Gasteiger partial charge in [0, 0.05) is 13.1 Å². The van der Waals surface area contributed by atoms with Gasteiger partial charge in [0.25, 0.3) is 5.91 Å². The van der Waals surface area contributed by atoms with Gasteiger partial charge in [-0.05, 0) is 18.6 Å². The molecule has 1 unspecified atom stereocenters. The SMILES string of the molecule is CCC1C(=O)NCCN1C(=O)c1cc(F)c(Cl)cc1F. The maximum Gasteiger partial charge on any atom is 0.257 e. The summed E-state index contributed by atoms with van der Waals surface area (Å²) in [5.41, 5.74) is -0.417. The van der Waals surface area contributed by atoms with Crippen molar-refractivity contribution in [2.75, 3.05) is 13.1 Å². The smallest absolute Gasteiger partial charge is 0.257 e. The zero-order chi connectivity index (χ0) is 14.9. The first kappa shape index (κ1) is 14.7. The van der Waals surface area contributed by atoms with Crippen LogP contribution in [0.15, 0.2) is 12.1 Å². The Morgan fingerprint density at radius 3 is 2.80 bits per heavy atom. The number of halogens is 3. The van der Waals surface area contributed by atoms with E-state index in [0.717, 1.165) is 12.1 Å². The van der Waals surface area contributed by atoms with E-state index in [4.69, 9.17) is 11.6 Å². The molecular formula is C13H13ClF2N2O2. The number of hydrogen-bond donors (Lipinski definition) is 1. The lowest BCUT2D eigenvalue weighted by Crippen LogP contribution is -2.57. The quantitative estimate of drug-likeness (QED) is 0.849. The largest absolute Gasteiger partial charge is 0.353 e. The van der Waals surface area contributed by atoms with Crippen molar-refractivity contribution in [1.29, 1.82) is 0 Å². The Morgan fingerprint density at radius 1 is 1.45 bits per heavy atom. The summed E-state index contributed by atoms with van der Waals surface area (Å²) < 4.78 is 27.2. The Balaban J connectivity index is 2.35. The maximum atomic E-state index is 13.8. The fourth-order valence-electron chi connectivity index (χ4n) is 2.20. The molecule has 1 heterocycles. The van der Waals surface area contributed by atoms with Crippen LogP contribution in [0.25, 0.3) is 0 Å². The monoisotopic (exact) mass is 302 g/mol. The van der Waals surface area contributed by atoms with Gasteiger partial charge in [-0.25, -0.2) is 8.78 Å². The molecular weight excluding hydrogens is 290 g/mol. The second-order valence-electron chi connectivity index (χ2n) is 4.46. The summed E-state index contributed by atoms with van der Waals surface area (Å²) in [6.07, 6.45) is 0.398. The first-order chi connectivity index (χ1) is 9.45. The highest BCUT2D eigenvalue weighted by Crippen LogP contribution is 2.22. The lowest BCUT2D eigenvalue weighted by Gasteiger charge is -2.34. The summed E-state index contributed by atoms with van der Waals surface area (Å²) in [6, 6.07) is 0.850. The first-order valence-corrected chi connectivity index (χ1v) is 6.56. The molecule has 1 atom stereocenters. The van der Waals surface area contributed by atoms with Crippen LogP contribution in [-0.2, 0) is 4.79 Å². The Kier molecular flexibility index (Phi) is 4.23. The lowest BCUT2D eigenvalue weighted by molar-refractivity contribution is -0.127. The van der Waals surface area contributed by atoms with Crippen molar-refractivity contribution in [2.24, 2.45) is 0 Å². The number of amides is 2. The summed E-state index contributed by atoms with van der Waals surface area (Å²) in [7, 11) is 0. The van der Waals surface area contributed by atoms with Crippen molar-refractivity contribution in [1.82, 2.24) is 10.2 Å². The van der Waals surface area contributed by atoms with E-state index in [1.807, 2.05) is 0 Å².